The van der Waals surface area contributed by atoms with Crippen molar-refractivity contribution in [3.05, 3.63) is 70.5 Å². The second-order valence-electron chi connectivity index (χ2n) is 10.6. The summed E-state index contributed by atoms with van der Waals surface area (Å²) in [4.78, 5) is 31.0. The average Bonchev–Trinajstić information content (AvgIpc) is 3.27. The van der Waals surface area contributed by atoms with Gasteiger partial charge in [-0.05, 0) is 69.4 Å². The van der Waals surface area contributed by atoms with Gasteiger partial charge in [0.2, 0.25) is 11.8 Å². The number of benzene rings is 2. The van der Waals surface area contributed by atoms with E-state index in [-0.39, 0.29) is 31.6 Å². The van der Waals surface area contributed by atoms with E-state index in [1.54, 1.807) is 23.9 Å². The summed E-state index contributed by atoms with van der Waals surface area (Å²) in [6.07, 6.45) is -10.1. The monoisotopic (exact) mass is 561 g/mol. The predicted octanol–water partition coefficient (Wildman–Crippen LogP) is 5.16. The van der Waals surface area contributed by atoms with Gasteiger partial charge >= 0.3 is 12.4 Å². The van der Waals surface area contributed by atoms with Crippen LogP contribution in [0.1, 0.15) is 42.0 Å². The van der Waals surface area contributed by atoms with Gasteiger partial charge in [-0.3, -0.25) is 9.59 Å². The lowest BCUT2D eigenvalue weighted by molar-refractivity contribution is -0.144. The Labute approximate surface area is 222 Å². The maximum Gasteiger partial charge on any atom is 0.416 e. The van der Waals surface area contributed by atoms with Crippen LogP contribution in [0.2, 0.25) is 0 Å². The topological polar surface area (TPSA) is 43.9 Å². The molecule has 2 amide bonds. The standard InChI is InChI=1S/C27H30F7N3O2/c1-25(2,17-10-18(26(29,30)31)12-19(11-17)27(32,33)34)24(39)36(5)22-14-37(23(38)15-35(3)4)13-21(22)16-6-8-20(28)9-7-16/h6-12,21-22H,13-15H2,1-5H3/t21-,22+/m0/s1. The van der Waals surface area contributed by atoms with Crippen LogP contribution in [0.15, 0.2) is 42.5 Å². The van der Waals surface area contributed by atoms with Gasteiger partial charge in [-0.25, -0.2) is 4.39 Å². The summed E-state index contributed by atoms with van der Waals surface area (Å²) in [6, 6.07) is 6.00. The maximum atomic E-state index is 13.8. The Morgan fingerprint density at radius 1 is 0.846 bits per heavy atom. The summed E-state index contributed by atoms with van der Waals surface area (Å²) >= 11 is 0. The number of rotatable bonds is 6. The average molecular weight is 562 g/mol. The van der Waals surface area contributed by atoms with Gasteiger partial charge in [0.25, 0.3) is 0 Å². The lowest BCUT2D eigenvalue weighted by Crippen LogP contribution is -2.49. The van der Waals surface area contributed by atoms with Crippen molar-refractivity contribution >= 4 is 11.8 Å². The summed E-state index contributed by atoms with van der Waals surface area (Å²) < 4.78 is 94.4. The minimum absolute atomic E-state index is 0.0174. The van der Waals surface area contributed by atoms with Crippen LogP contribution in [-0.4, -0.2) is 73.3 Å². The van der Waals surface area contributed by atoms with Crippen LogP contribution in [0.5, 0.6) is 0 Å². The van der Waals surface area contributed by atoms with Crippen molar-refractivity contribution in [2.45, 2.75) is 43.6 Å². The van der Waals surface area contributed by atoms with Crippen molar-refractivity contribution in [1.82, 2.24) is 14.7 Å². The molecule has 12 heteroatoms. The molecule has 0 bridgehead atoms. The summed E-state index contributed by atoms with van der Waals surface area (Å²) in [7, 11) is 4.83. The minimum Gasteiger partial charge on any atom is -0.340 e. The van der Waals surface area contributed by atoms with E-state index in [1.807, 2.05) is 0 Å². The van der Waals surface area contributed by atoms with Gasteiger partial charge in [-0.2, -0.15) is 26.3 Å². The number of carbonyl (C=O) groups excluding carboxylic acids is 2. The molecule has 1 saturated heterocycles. The molecule has 0 N–H and O–H groups in total. The third-order valence-electron chi connectivity index (χ3n) is 7.05. The molecule has 3 rings (SSSR count). The Kier molecular flexibility index (Phi) is 8.40. The molecule has 0 aromatic heterocycles. The number of carbonyl (C=O) groups is 2. The molecule has 1 aliphatic heterocycles. The van der Waals surface area contributed by atoms with Crippen LogP contribution in [-0.2, 0) is 27.4 Å². The van der Waals surface area contributed by atoms with Crippen LogP contribution in [0.25, 0.3) is 0 Å². The van der Waals surface area contributed by atoms with Crippen molar-refractivity contribution in [2.24, 2.45) is 0 Å². The molecule has 2 aromatic rings. The van der Waals surface area contributed by atoms with E-state index in [1.165, 1.54) is 50.1 Å². The Morgan fingerprint density at radius 2 is 1.33 bits per heavy atom. The molecule has 0 aliphatic carbocycles. The molecule has 214 valence electrons. The molecule has 2 aromatic carbocycles. The van der Waals surface area contributed by atoms with Crippen molar-refractivity contribution in [2.75, 3.05) is 40.8 Å². The van der Waals surface area contributed by atoms with E-state index >= 15 is 0 Å². The Bertz CT molecular complexity index is 1180. The van der Waals surface area contributed by atoms with Crippen LogP contribution in [0.4, 0.5) is 30.7 Å². The fourth-order valence-electron chi connectivity index (χ4n) is 4.82. The zero-order chi connectivity index (χ0) is 29.5. The van der Waals surface area contributed by atoms with E-state index in [0.29, 0.717) is 17.7 Å². The summed E-state index contributed by atoms with van der Waals surface area (Å²) in [6.45, 7) is 2.90. The van der Waals surface area contributed by atoms with Gasteiger partial charge in [-0.15, -0.1) is 0 Å². The number of hydrogen-bond donors (Lipinski definition) is 0. The lowest BCUT2D eigenvalue weighted by atomic mass is 9.80. The molecule has 2 atom stereocenters. The van der Waals surface area contributed by atoms with Crippen LogP contribution in [0, 0.1) is 5.82 Å². The quantitative estimate of drug-likeness (QED) is 0.458. The van der Waals surface area contributed by atoms with Gasteiger partial charge in [0.15, 0.2) is 0 Å². The molecule has 0 saturated carbocycles. The van der Waals surface area contributed by atoms with E-state index in [9.17, 15) is 40.3 Å². The van der Waals surface area contributed by atoms with Gasteiger partial charge in [0, 0.05) is 26.1 Å². The highest BCUT2D eigenvalue weighted by atomic mass is 19.4. The van der Waals surface area contributed by atoms with Crippen LogP contribution in [0.3, 0.4) is 0 Å². The first-order valence-electron chi connectivity index (χ1n) is 12.1. The molecule has 5 nitrogen and oxygen atoms in total. The molecule has 1 aliphatic rings. The molecule has 0 spiro atoms. The largest absolute Gasteiger partial charge is 0.416 e. The van der Waals surface area contributed by atoms with Gasteiger partial charge in [0.05, 0.1) is 29.1 Å². The second-order valence-corrected chi connectivity index (χ2v) is 10.6. The normalized spacial score (nSPS) is 18.5. The highest BCUT2D eigenvalue weighted by Crippen LogP contribution is 2.40. The van der Waals surface area contributed by atoms with Gasteiger partial charge in [0.1, 0.15) is 5.82 Å². The first-order chi connectivity index (χ1) is 17.8. The van der Waals surface area contributed by atoms with Crippen LogP contribution >= 0.6 is 0 Å². The smallest absolute Gasteiger partial charge is 0.340 e. The fraction of sp³-hybridized carbons (Fsp3) is 0.481. The van der Waals surface area contributed by atoms with E-state index in [0.717, 1.165) is 0 Å². The fourth-order valence-corrected chi connectivity index (χ4v) is 4.82. The molecular weight excluding hydrogens is 531 g/mol. The Morgan fingerprint density at radius 3 is 1.79 bits per heavy atom. The molecular formula is C27H30F7N3O2. The first-order valence-corrected chi connectivity index (χ1v) is 12.1. The number of amides is 2. The summed E-state index contributed by atoms with van der Waals surface area (Å²) in [5, 5.41) is 0. The third kappa shape index (κ3) is 6.71. The van der Waals surface area contributed by atoms with Crippen molar-refractivity contribution in [1.29, 1.82) is 0 Å². The van der Waals surface area contributed by atoms with Crippen molar-refractivity contribution in [3.63, 3.8) is 0 Å². The zero-order valence-corrected chi connectivity index (χ0v) is 22.1. The number of alkyl halides is 6. The lowest BCUT2D eigenvalue weighted by Gasteiger charge is -2.36. The molecule has 0 unspecified atom stereocenters. The first kappa shape index (κ1) is 30.4. The minimum atomic E-state index is -5.06. The number of nitrogens with zero attached hydrogens (tertiary/aromatic N) is 3. The summed E-state index contributed by atoms with van der Waals surface area (Å²) in [5.41, 5.74) is -4.62. The maximum absolute atomic E-state index is 13.8. The SMILES string of the molecule is CN(C)CC(=O)N1C[C@@H](N(C)C(=O)C(C)(C)c2cc(C(F)(F)F)cc(C(F)(F)F)c2)[C@H](c2ccc(F)cc2)C1. The number of likely N-dealkylation sites (N-methyl/N-ethyl adjacent to an activating group) is 2. The number of hydrogen-bond acceptors (Lipinski definition) is 3. The molecule has 1 fully saturated rings. The Hall–Kier alpha value is -3.15. The highest BCUT2D eigenvalue weighted by Gasteiger charge is 2.45. The third-order valence-corrected chi connectivity index (χ3v) is 7.05. The van der Waals surface area contributed by atoms with Crippen LogP contribution < -0.4 is 0 Å². The van der Waals surface area contributed by atoms with Crippen molar-refractivity contribution in [3.8, 4) is 0 Å². The van der Waals surface area contributed by atoms with E-state index in [4.69, 9.17) is 0 Å². The summed E-state index contributed by atoms with van der Waals surface area (Å²) in [5.74, 6) is -1.89. The van der Waals surface area contributed by atoms with Gasteiger partial charge < -0.3 is 14.7 Å². The molecule has 1 heterocycles. The number of likely N-dealkylation sites (tertiary alicyclic amines) is 1. The second kappa shape index (κ2) is 10.8. The van der Waals surface area contributed by atoms with Gasteiger partial charge in [-0.1, -0.05) is 12.1 Å². The molecule has 0 radical (unpaired) electrons. The van der Waals surface area contributed by atoms with E-state index in [2.05, 4.69) is 0 Å². The number of halogens is 7. The zero-order valence-electron chi connectivity index (χ0n) is 22.1. The molecule has 39 heavy (non-hydrogen) atoms. The predicted molar refractivity (Wildman–Crippen MR) is 130 cm³/mol. The Balaban J connectivity index is 2.01. The highest BCUT2D eigenvalue weighted by molar-refractivity contribution is 5.88. The van der Waals surface area contributed by atoms with E-state index < -0.39 is 58.1 Å². The van der Waals surface area contributed by atoms with Crippen molar-refractivity contribution < 1.29 is 40.3 Å².